The van der Waals surface area contributed by atoms with Gasteiger partial charge in [0.05, 0.1) is 16.5 Å². The van der Waals surface area contributed by atoms with Crippen LogP contribution in [-0.4, -0.2) is 10.9 Å². The molecule has 0 saturated heterocycles. The van der Waals surface area contributed by atoms with Crippen molar-refractivity contribution in [1.82, 2.24) is 10.3 Å². The first kappa shape index (κ1) is 15.1. The second-order valence-corrected chi connectivity index (χ2v) is 5.39. The van der Waals surface area contributed by atoms with Crippen LogP contribution in [0.25, 0.3) is 0 Å². The third kappa shape index (κ3) is 4.37. The standard InChI is InChI=1S/C14H11Cl3N2O/c15-11-3-1-9(5-12(11)16)6-14(20)19-8-10-2-4-13(17)18-7-10/h1-5,7H,6,8H2,(H,19,20). The molecular weight excluding hydrogens is 319 g/mol. The number of carbonyl (C=O) groups excluding carboxylic acids is 1. The van der Waals surface area contributed by atoms with Crippen molar-refractivity contribution in [1.29, 1.82) is 0 Å². The molecule has 2 aromatic rings. The summed E-state index contributed by atoms with van der Waals surface area (Å²) in [6, 6.07) is 8.64. The largest absolute Gasteiger partial charge is 0.352 e. The van der Waals surface area contributed by atoms with Gasteiger partial charge in [0.25, 0.3) is 0 Å². The number of hydrogen-bond donors (Lipinski definition) is 1. The highest BCUT2D eigenvalue weighted by molar-refractivity contribution is 6.42. The van der Waals surface area contributed by atoms with Crippen LogP contribution in [0, 0.1) is 0 Å². The van der Waals surface area contributed by atoms with Gasteiger partial charge in [0.1, 0.15) is 5.15 Å². The molecular formula is C14H11Cl3N2O. The van der Waals surface area contributed by atoms with E-state index in [9.17, 15) is 4.79 Å². The van der Waals surface area contributed by atoms with Crippen molar-refractivity contribution < 1.29 is 4.79 Å². The maximum atomic E-state index is 11.8. The molecule has 6 heteroatoms. The molecule has 1 N–H and O–H groups in total. The van der Waals surface area contributed by atoms with Crippen LogP contribution in [0.4, 0.5) is 0 Å². The van der Waals surface area contributed by atoms with Crippen LogP contribution in [0.5, 0.6) is 0 Å². The van der Waals surface area contributed by atoms with Gasteiger partial charge in [-0.25, -0.2) is 4.98 Å². The van der Waals surface area contributed by atoms with Crippen LogP contribution in [0.15, 0.2) is 36.5 Å². The Labute approximate surface area is 131 Å². The minimum Gasteiger partial charge on any atom is -0.352 e. The Balaban J connectivity index is 1.89. The monoisotopic (exact) mass is 328 g/mol. The number of benzene rings is 1. The highest BCUT2D eigenvalue weighted by Gasteiger charge is 2.06. The number of hydrogen-bond acceptors (Lipinski definition) is 2. The number of carbonyl (C=O) groups is 1. The molecule has 0 atom stereocenters. The quantitative estimate of drug-likeness (QED) is 0.864. The Hall–Kier alpha value is -1.29. The fraction of sp³-hybridized carbons (Fsp3) is 0.143. The number of nitrogens with zero attached hydrogens (tertiary/aromatic N) is 1. The first-order valence-electron chi connectivity index (χ1n) is 5.85. The Kier molecular flexibility index (Phi) is 5.24. The molecule has 0 unspecified atom stereocenters. The van der Waals surface area contributed by atoms with E-state index in [4.69, 9.17) is 34.8 Å². The number of aromatic nitrogens is 1. The van der Waals surface area contributed by atoms with Crippen LogP contribution < -0.4 is 5.32 Å². The van der Waals surface area contributed by atoms with E-state index in [1.54, 1.807) is 30.5 Å². The van der Waals surface area contributed by atoms with Crippen molar-refractivity contribution in [3.05, 3.63) is 62.9 Å². The molecule has 2 rings (SSSR count). The molecule has 1 aromatic heterocycles. The topological polar surface area (TPSA) is 42.0 Å². The molecule has 3 nitrogen and oxygen atoms in total. The lowest BCUT2D eigenvalue weighted by molar-refractivity contribution is -0.120. The summed E-state index contributed by atoms with van der Waals surface area (Å²) in [7, 11) is 0. The van der Waals surface area contributed by atoms with Crippen molar-refractivity contribution >= 4 is 40.7 Å². The highest BCUT2D eigenvalue weighted by atomic mass is 35.5. The van der Waals surface area contributed by atoms with Gasteiger partial charge < -0.3 is 5.32 Å². The summed E-state index contributed by atoms with van der Waals surface area (Å²) in [5.41, 5.74) is 1.70. The smallest absolute Gasteiger partial charge is 0.224 e. The van der Waals surface area contributed by atoms with Gasteiger partial charge in [-0.15, -0.1) is 0 Å². The highest BCUT2D eigenvalue weighted by Crippen LogP contribution is 2.22. The first-order chi connectivity index (χ1) is 9.54. The van der Waals surface area contributed by atoms with Gasteiger partial charge in [-0.3, -0.25) is 4.79 Å². The molecule has 0 spiro atoms. The fourth-order valence-electron chi connectivity index (χ4n) is 1.61. The zero-order valence-corrected chi connectivity index (χ0v) is 12.6. The summed E-state index contributed by atoms with van der Waals surface area (Å²) in [4.78, 5) is 15.8. The van der Waals surface area contributed by atoms with Gasteiger partial charge in [-0.05, 0) is 29.3 Å². The predicted molar refractivity (Wildman–Crippen MR) is 81.3 cm³/mol. The summed E-state index contributed by atoms with van der Waals surface area (Å²) >= 11 is 17.4. The predicted octanol–water partition coefficient (Wildman–Crippen LogP) is 3.90. The molecule has 0 aliphatic heterocycles. The molecule has 1 amide bonds. The SMILES string of the molecule is O=C(Cc1ccc(Cl)c(Cl)c1)NCc1ccc(Cl)nc1. The lowest BCUT2D eigenvalue weighted by Crippen LogP contribution is -2.24. The van der Waals surface area contributed by atoms with E-state index in [1.165, 1.54) is 0 Å². The molecule has 1 heterocycles. The van der Waals surface area contributed by atoms with Gasteiger partial charge in [0, 0.05) is 12.7 Å². The molecule has 0 radical (unpaired) electrons. The Morgan fingerprint density at radius 3 is 2.45 bits per heavy atom. The average molecular weight is 330 g/mol. The van der Waals surface area contributed by atoms with Crippen LogP contribution in [-0.2, 0) is 17.8 Å². The van der Waals surface area contributed by atoms with E-state index >= 15 is 0 Å². The molecule has 0 fully saturated rings. The van der Waals surface area contributed by atoms with Crippen molar-refractivity contribution in [3.63, 3.8) is 0 Å². The van der Waals surface area contributed by atoms with Gasteiger partial charge in [0.15, 0.2) is 0 Å². The molecule has 0 aliphatic carbocycles. The average Bonchev–Trinajstić information content (AvgIpc) is 2.42. The van der Waals surface area contributed by atoms with Gasteiger partial charge >= 0.3 is 0 Å². The third-order valence-electron chi connectivity index (χ3n) is 2.63. The van der Waals surface area contributed by atoms with Crippen LogP contribution in [0.3, 0.4) is 0 Å². The van der Waals surface area contributed by atoms with Crippen molar-refractivity contribution in [2.24, 2.45) is 0 Å². The lowest BCUT2D eigenvalue weighted by atomic mass is 10.1. The van der Waals surface area contributed by atoms with E-state index in [0.29, 0.717) is 21.7 Å². The van der Waals surface area contributed by atoms with Crippen molar-refractivity contribution in [2.75, 3.05) is 0 Å². The minimum absolute atomic E-state index is 0.0988. The molecule has 0 aliphatic rings. The number of pyridine rings is 1. The molecule has 104 valence electrons. The maximum absolute atomic E-state index is 11.8. The fourth-order valence-corrected chi connectivity index (χ4v) is 2.04. The van der Waals surface area contributed by atoms with Gasteiger partial charge in [-0.1, -0.05) is 46.9 Å². The Morgan fingerprint density at radius 2 is 1.80 bits per heavy atom. The van der Waals surface area contributed by atoms with Crippen LogP contribution >= 0.6 is 34.8 Å². The van der Waals surface area contributed by atoms with E-state index in [-0.39, 0.29) is 12.3 Å². The summed E-state index contributed by atoms with van der Waals surface area (Å²) in [6.07, 6.45) is 1.87. The second kappa shape index (κ2) is 6.93. The summed E-state index contributed by atoms with van der Waals surface area (Å²) in [6.45, 7) is 0.407. The number of amides is 1. The molecule has 0 bridgehead atoms. The molecule has 20 heavy (non-hydrogen) atoms. The second-order valence-electron chi connectivity index (χ2n) is 4.19. The van der Waals surface area contributed by atoms with Crippen molar-refractivity contribution in [2.45, 2.75) is 13.0 Å². The first-order valence-corrected chi connectivity index (χ1v) is 6.99. The Bertz CT molecular complexity index is 614. The summed E-state index contributed by atoms with van der Waals surface area (Å²) in [5, 5.41) is 4.15. The summed E-state index contributed by atoms with van der Waals surface area (Å²) < 4.78 is 0. The van der Waals surface area contributed by atoms with Crippen LogP contribution in [0.1, 0.15) is 11.1 Å². The van der Waals surface area contributed by atoms with Gasteiger partial charge in [-0.2, -0.15) is 0 Å². The number of nitrogens with one attached hydrogen (secondary N) is 1. The van der Waals surface area contributed by atoms with Crippen LogP contribution in [0.2, 0.25) is 15.2 Å². The zero-order valence-electron chi connectivity index (χ0n) is 10.4. The zero-order chi connectivity index (χ0) is 14.5. The maximum Gasteiger partial charge on any atom is 0.224 e. The lowest BCUT2D eigenvalue weighted by Gasteiger charge is -2.06. The summed E-state index contributed by atoms with van der Waals surface area (Å²) in [5.74, 6) is -0.0988. The van der Waals surface area contributed by atoms with Gasteiger partial charge in [0.2, 0.25) is 5.91 Å². The van der Waals surface area contributed by atoms with E-state index in [0.717, 1.165) is 11.1 Å². The Morgan fingerprint density at radius 1 is 1.05 bits per heavy atom. The molecule has 0 saturated carbocycles. The van der Waals surface area contributed by atoms with E-state index in [1.807, 2.05) is 6.07 Å². The normalized spacial score (nSPS) is 10.3. The number of rotatable bonds is 4. The third-order valence-corrected chi connectivity index (χ3v) is 3.59. The van der Waals surface area contributed by atoms with E-state index in [2.05, 4.69) is 10.3 Å². The minimum atomic E-state index is -0.0988. The molecule has 1 aromatic carbocycles. The van der Waals surface area contributed by atoms with Crippen molar-refractivity contribution in [3.8, 4) is 0 Å². The number of halogens is 3. The van der Waals surface area contributed by atoms with E-state index < -0.39 is 0 Å².